The standard InChI is InChI=1S/C12H17ClN2O2S/c1-9-7-10(13)4-5-12(9)18(16,17)15-8-11-3-2-6-14-11/h4-5,7,11,14-15H,2-3,6,8H2,1H3. The number of benzene rings is 1. The summed E-state index contributed by atoms with van der Waals surface area (Å²) in [6.07, 6.45) is 2.12. The molecule has 0 radical (unpaired) electrons. The Morgan fingerprint density at radius 1 is 1.50 bits per heavy atom. The van der Waals surface area contributed by atoms with E-state index in [1.807, 2.05) is 0 Å². The molecule has 1 aromatic rings. The molecule has 1 aromatic carbocycles. The second-order valence-corrected chi connectivity index (χ2v) is 6.73. The van der Waals surface area contributed by atoms with Gasteiger partial charge >= 0.3 is 0 Å². The fourth-order valence-corrected chi connectivity index (χ4v) is 3.67. The summed E-state index contributed by atoms with van der Waals surface area (Å²) in [5.74, 6) is 0. The number of halogens is 1. The van der Waals surface area contributed by atoms with E-state index in [4.69, 9.17) is 11.6 Å². The molecule has 1 fully saturated rings. The van der Waals surface area contributed by atoms with Gasteiger partial charge < -0.3 is 5.32 Å². The molecular formula is C12H17ClN2O2S. The summed E-state index contributed by atoms with van der Waals surface area (Å²) in [4.78, 5) is 0.296. The lowest BCUT2D eigenvalue weighted by Gasteiger charge is -2.13. The van der Waals surface area contributed by atoms with E-state index in [2.05, 4.69) is 10.0 Å². The Hall–Kier alpha value is -0.620. The summed E-state index contributed by atoms with van der Waals surface area (Å²) >= 11 is 5.82. The van der Waals surface area contributed by atoms with Crippen LogP contribution in [0.4, 0.5) is 0 Å². The highest BCUT2D eigenvalue weighted by Crippen LogP contribution is 2.19. The monoisotopic (exact) mass is 288 g/mol. The van der Waals surface area contributed by atoms with Gasteiger partial charge in [0.25, 0.3) is 0 Å². The van der Waals surface area contributed by atoms with Gasteiger partial charge in [-0.15, -0.1) is 0 Å². The minimum atomic E-state index is -3.44. The summed E-state index contributed by atoms with van der Waals surface area (Å²) < 4.78 is 26.9. The largest absolute Gasteiger partial charge is 0.313 e. The predicted molar refractivity (Wildman–Crippen MR) is 72.4 cm³/mol. The van der Waals surface area contributed by atoms with E-state index < -0.39 is 10.0 Å². The maximum atomic E-state index is 12.1. The molecule has 1 heterocycles. The van der Waals surface area contributed by atoms with Gasteiger partial charge in [-0.05, 0) is 50.1 Å². The second kappa shape index (κ2) is 5.57. The van der Waals surface area contributed by atoms with Gasteiger partial charge in [0, 0.05) is 17.6 Å². The lowest BCUT2D eigenvalue weighted by molar-refractivity contribution is 0.551. The number of rotatable bonds is 4. The first kappa shape index (κ1) is 13.8. The van der Waals surface area contributed by atoms with E-state index in [-0.39, 0.29) is 6.04 Å². The smallest absolute Gasteiger partial charge is 0.240 e. The van der Waals surface area contributed by atoms with Crippen molar-refractivity contribution >= 4 is 21.6 Å². The molecule has 6 heteroatoms. The molecule has 2 rings (SSSR count). The van der Waals surface area contributed by atoms with Crippen LogP contribution in [0, 0.1) is 6.92 Å². The molecule has 0 saturated carbocycles. The maximum Gasteiger partial charge on any atom is 0.240 e. The molecule has 1 unspecified atom stereocenters. The quantitative estimate of drug-likeness (QED) is 0.886. The van der Waals surface area contributed by atoms with E-state index in [1.165, 1.54) is 0 Å². The molecule has 1 aliphatic rings. The lowest BCUT2D eigenvalue weighted by Crippen LogP contribution is -2.37. The molecule has 0 aliphatic carbocycles. The molecule has 100 valence electrons. The first-order valence-electron chi connectivity index (χ1n) is 5.98. The maximum absolute atomic E-state index is 12.1. The summed E-state index contributed by atoms with van der Waals surface area (Å²) in [5, 5.41) is 3.80. The third-order valence-corrected chi connectivity index (χ3v) is 4.93. The predicted octanol–water partition coefficient (Wildman–Crippen LogP) is 1.68. The molecule has 0 bridgehead atoms. The normalized spacial score (nSPS) is 20.2. The second-order valence-electron chi connectivity index (χ2n) is 4.55. The van der Waals surface area contributed by atoms with Crippen LogP contribution in [0.3, 0.4) is 0 Å². The third-order valence-electron chi connectivity index (χ3n) is 3.11. The van der Waals surface area contributed by atoms with Gasteiger partial charge in [-0.25, -0.2) is 13.1 Å². The molecule has 0 spiro atoms. The first-order valence-corrected chi connectivity index (χ1v) is 7.84. The Kier molecular flexibility index (Phi) is 4.27. The van der Waals surface area contributed by atoms with Crippen LogP contribution >= 0.6 is 11.6 Å². The molecule has 18 heavy (non-hydrogen) atoms. The van der Waals surface area contributed by atoms with Crippen LogP contribution in [0.5, 0.6) is 0 Å². The zero-order valence-electron chi connectivity index (χ0n) is 10.2. The van der Waals surface area contributed by atoms with Gasteiger partial charge in [-0.1, -0.05) is 11.6 Å². The Balaban J connectivity index is 2.09. The molecule has 1 aliphatic heterocycles. The Morgan fingerprint density at radius 3 is 2.89 bits per heavy atom. The van der Waals surface area contributed by atoms with Crippen molar-refractivity contribution in [2.45, 2.75) is 30.7 Å². The highest BCUT2D eigenvalue weighted by molar-refractivity contribution is 7.89. The zero-order valence-corrected chi connectivity index (χ0v) is 11.8. The minimum Gasteiger partial charge on any atom is -0.313 e. The van der Waals surface area contributed by atoms with Gasteiger partial charge in [0.15, 0.2) is 0 Å². The van der Waals surface area contributed by atoms with Crippen molar-refractivity contribution in [2.75, 3.05) is 13.1 Å². The summed E-state index contributed by atoms with van der Waals surface area (Å²) in [5.41, 5.74) is 0.661. The number of hydrogen-bond donors (Lipinski definition) is 2. The van der Waals surface area contributed by atoms with E-state index in [0.717, 1.165) is 19.4 Å². The van der Waals surface area contributed by atoms with Crippen molar-refractivity contribution in [3.63, 3.8) is 0 Å². The molecule has 2 N–H and O–H groups in total. The highest BCUT2D eigenvalue weighted by Gasteiger charge is 2.20. The van der Waals surface area contributed by atoms with Crippen molar-refractivity contribution in [2.24, 2.45) is 0 Å². The van der Waals surface area contributed by atoms with Gasteiger partial charge in [0.05, 0.1) is 4.90 Å². The van der Waals surface area contributed by atoms with Crippen molar-refractivity contribution in [3.8, 4) is 0 Å². The Morgan fingerprint density at radius 2 is 2.28 bits per heavy atom. The van der Waals surface area contributed by atoms with Crippen molar-refractivity contribution < 1.29 is 8.42 Å². The van der Waals surface area contributed by atoms with Crippen LogP contribution in [-0.2, 0) is 10.0 Å². The van der Waals surface area contributed by atoms with Crippen molar-refractivity contribution in [1.29, 1.82) is 0 Å². The summed E-state index contributed by atoms with van der Waals surface area (Å²) in [6.45, 7) is 3.14. The van der Waals surface area contributed by atoms with Gasteiger partial charge in [0.1, 0.15) is 0 Å². The molecule has 4 nitrogen and oxygen atoms in total. The van der Waals surface area contributed by atoms with Gasteiger partial charge in [-0.2, -0.15) is 0 Å². The fraction of sp³-hybridized carbons (Fsp3) is 0.500. The van der Waals surface area contributed by atoms with E-state index in [0.29, 0.717) is 22.0 Å². The van der Waals surface area contributed by atoms with Crippen LogP contribution < -0.4 is 10.0 Å². The number of hydrogen-bond acceptors (Lipinski definition) is 3. The number of aryl methyl sites for hydroxylation is 1. The summed E-state index contributed by atoms with van der Waals surface area (Å²) in [7, 11) is -3.44. The molecule has 0 amide bonds. The topological polar surface area (TPSA) is 58.2 Å². The number of sulfonamides is 1. The highest BCUT2D eigenvalue weighted by atomic mass is 35.5. The average molecular weight is 289 g/mol. The molecule has 1 atom stereocenters. The van der Waals surface area contributed by atoms with Crippen LogP contribution in [0.25, 0.3) is 0 Å². The minimum absolute atomic E-state index is 0.243. The Labute approximate surface area is 113 Å². The first-order chi connectivity index (χ1) is 8.49. The third kappa shape index (κ3) is 3.23. The van der Waals surface area contributed by atoms with Crippen LogP contribution in [0.15, 0.2) is 23.1 Å². The van der Waals surface area contributed by atoms with E-state index >= 15 is 0 Å². The fourth-order valence-electron chi connectivity index (χ4n) is 2.13. The van der Waals surface area contributed by atoms with Gasteiger partial charge in [0.2, 0.25) is 10.0 Å². The molecule has 1 saturated heterocycles. The number of nitrogens with one attached hydrogen (secondary N) is 2. The average Bonchev–Trinajstić information content (AvgIpc) is 2.78. The van der Waals surface area contributed by atoms with E-state index in [1.54, 1.807) is 25.1 Å². The molecular weight excluding hydrogens is 272 g/mol. The SMILES string of the molecule is Cc1cc(Cl)ccc1S(=O)(=O)NCC1CCCN1. The van der Waals surface area contributed by atoms with E-state index in [9.17, 15) is 8.42 Å². The van der Waals surface area contributed by atoms with Crippen LogP contribution in [0.2, 0.25) is 5.02 Å². The molecule has 0 aromatic heterocycles. The van der Waals surface area contributed by atoms with Gasteiger partial charge in [-0.3, -0.25) is 0 Å². The zero-order chi connectivity index (χ0) is 13.2. The lowest BCUT2D eigenvalue weighted by atomic mass is 10.2. The Bertz CT molecular complexity index is 525. The van der Waals surface area contributed by atoms with Crippen molar-refractivity contribution in [3.05, 3.63) is 28.8 Å². The van der Waals surface area contributed by atoms with Crippen LogP contribution in [0.1, 0.15) is 18.4 Å². The van der Waals surface area contributed by atoms with Crippen LogP contribution in [-0.4, -0.2) is 27.5 Å². The summed E-state index contributed by atoms with van der Waals surface area (Å²) in [6, 6.07) is 5.04. The van der Waals surface area contributed by atoms with Crippen molar-refractivity contribution in [1.82, 2.24) is 10.0 Å².